The zero-order chi connectivity index (χ0) is 15.9. The molecule has 0 spiro atoms. The highest BCUT2D eigenvalue weighted by Crippen LogP contribution is 2.08. The average Bonchev–Trinajstić information content (AvgIpc) is 2.32. The highest BCUT2D eigenvalue weighted by atomic mass is 16.4. The minimum atomic E-state index is -1.08. The van der Waals surface area contributed by atoms with Gasteiger partial charge in [0.1, 0.15) is 12.6 Å². The van der Waals surface area contributed by atoms with Crippen molar-refractivity contribution in [2.24, 2.45) is 5.92 Å². The predicted octanol–water partition coefficient (Wildman–Crippen LogP) is 0.652. The van der Waals surface area contributed by atoms with Gasteiger partial charge in [-0.3, -0.25) is 4.79 Å². The van der Waals surface area contributed by atoms with Crippen molar-refractivity contribution in [3.63, 3.8) is 0 Å². The van der Waals surface area contributed by atoms with Crippen molar-refractivity contribution >= 4 is 17.9 Å². The van der Waals surface area contributed by atoms with Crippen LogP contribution in [0.3, 0.4) is 0 Å². The summed E-state index contributed by atoms with van der Waals surface area (Å²) in [5.74, 6) is -1.55. The van der Waals surface area contributed by atoms with Gasteiger partial charge in [0.05, 0.1) is 0 Å². The summed E-state index contributed by atoms with van der Waals surface area (Å²) >= 11 is 0. The summed E-state index contributed by atoms with van der Waals surface area (Å²) in [5, 5.41) is 14.2. The van der Waals surface area contributed by atoms with Gasteiger partial charge in [-0.05, 0) is 19.8 Å². The van der Waals surface area contributed by atoms with Crippen LogP contribution < -0.4 is 10.6 Å². The molecule has 7 nitrogen and oxygen atoms in total. The van der Waals surface area contributed by atoms with Crippen molar-refractivity contribution in [1.82, 2.24) is 15.5 Å². The molecular weight excluding hydrogens is 262 g/mol. The van der Waals surface area contributed by atoms with Crippen molar-refractivity contribution < 1.29 is 19.5 Å². The molecule has 0 aromatic heterocycles. The molecule has 0 saturated carbocycles. The van der Waals surface area contributed by atoms with Gasteiger partial charge in [0.15, 0.2) is 0 Å². The minimum absolute atomic E-state index is 0.00848. The Hall–Kier alpha value is -1.79. The lowest BCUT2D eigenvalue weighted by atomic mass is 9.99. The first-order valence-corrected chi connectivity index (χ1v) is 6.72. The molecule has 0 radical (unpaired) electrons. The fraction of sp³-hybridized carbons (Fsp3) is 0.769. The van der Waals surface area contributed by atoms with Crippen molar-refractivity contribution in [2.75, 3.05) is 13.6 Å². The van der Waals surface area contributed by atoms with Crippen LogP contribution in [0.15, 0.2) is 0 Å². The number of aliphatic carboxylic acids is 1. The van der Waals surface area contributed by atoms with Crippen LogP contribution in [0.4, 0.5) is 4.79 Å². The topological polar surface area (TPSA) is 98.7 Å². The number of carbonyl (C=O) groups excluding carboxylic acids is 2. The van der Waals surface area contributed by atoms with E-state index >= 15 is 0 Å². The Kier molecular flexibility index (Phi) is 7.64. The molecule has 0 aromatic rings. The number of likely N-dealkylation sites (N-methyl/N-ethyl adjacent to an activating group) is 1. The second kappa shape index (κ2) is 8.39. The van der Waals surface area contributed by atoms with Crippen molar-refractivity contribution in [2.45, 2.75) is 46.2 Å². The molecule has 0 rings (SSSR count). The normalized spacial score (nSPS) is 13.5. The second-order valence-corrected chi connectivity index (χ2v) is 5.23. The van der Waals surface area contributed by atoms with Crippen LogP contribution in [0.5, 0.6) is 0 Å². The highest BCUT2D eigenvalue weighted by molar-refractivity contribution is 5.86. The number of nitrogens with one attached hydrogen (secondary N) is 2. The lowest BCUT2D eigenvalue weighted by Crippen LogP contribution is -2.51. The second-order valence-electron chi connectivity index (χ2n) is 5.23. The summed E-state index contributed by atoms with van der Waals surface area (Å²) in [6.07, 6.45) is 0.634. The number of hydrogen-bond acceptors (Lipinski definition) is 3. The van der Waals surface area contributed by atoms with Gasteiger partial charge in [0, 0.05) is 13.1 Å². The van der Waals surface area contributed by atoms with Gasteiger partial charge in [0.2, 0.25) is 5.91 Å². The Morgan fingerprint density at radius 3 is 2.10 bits per heavy atom. The lowest BCUT2D eigenvalue weighted by Gasteiger charge is -2.24. The molecule has 0 aliphatic rings. The predicted molar refractivity (Wildman–Crippen MR) is 75.3 cm³/mol. The first kappa shape index (κ1) is 18.2. The van der Waals surface area contributed by atoms with E-state index < -0.39 is 18.0 Å². The first-order valence-electron chi connectivity index (χ1n) is 6.72. The Labute approximate surface area is 119 Å². The number of amides is 3. The number of carboxylic acids is 1. The van der Waals surface area contributed by atoms with E-state index in [1.807, 2.05) is 20.8 Å². The molecule has 0 fully saturated rings. The van der Waals surface area contributed by atoms with Gasteiger partial charge >= 0.3 is 12.0 Å². The van der Waals surface area contributed by atoms with Gasteiger partial charge in [-0.15, -0.1) is 0 Å². The maximum Gasteiger partial charge on any atom is 0.326 e. The third-order valence-electron chi connectivity index (χ3n) is 2.94. The molecule has 116 valence electrons. The van der Waals surface area contributed by atoms with Gasteiger partial charge in [-0.2, -0.15) is 0 Å². The fourth-order valence-electron chi connectivity index (χ4n) is 1.58. The molecule has 3 amide bonds. The Balaban J connectivity index is 4.50. The Morgan fingerprint density at radius 2 is 1.70 bits per heavy atom. The summed E-state index contributed by atoms with van der Waals surface area (Å²) in [7, 11) is 1.45. The minimum Gasteiger partial charge on any atom is -0.480 e. The van der Waals surface area contributed by atoms with Crippen LogP contribution in [0.1, 0.15) is 34.1 Å². The van der Waals surface area contributed by atoms with Crippen LogP contribution in [-0.4, -0.2) is 53.6 Å². The molecule has 0 bridgehead atoms. The summed E-state index contributed by atoms with van der Waals surface area (Å²) in [4.78, 5) is 35.7. The van der Waals surface area contributed by atoms with Crippen molar-refractivity contribution in [1.29, 1.82) is 0 Å². The molecular formula is C13H25N3O4. The van der Waals surface area contributed by atoms with E-state index in [0.717, 1.165) is 4.90 Å². The molecule has 2 unspecified atom stereocenters. The Morgan fingerprint density at radius 1 is 1.15 bits per heavy atom. The van der Waals surface area contributed by atoms with Crippen LogP contribution in [-0.2, 0) is 9.59 Å². The standard InChI is InChI=1S/C13H25N3O4/c1-6-9(4)11(12(18)19)15-13(20)16(5)7-10(17)14-8(2)3/h8-9,11H,6-7H2,1-5H3,(H,14,17)(H,15,20)(H,18,19). The van der Waals surface area contributed by atoms with Crippen LogP contribution in [0, 0.1) is 5.92 Å². The third kappa shape index (κ3) is 6.40. The first-order chi connectivity index (χ1) is 9.18. The quantitative estimate of drug-likeness (QED) is 0.640. The number of carboxylic acid groups (broad SMARTS) is 1. The van der Waals surface area contributed by atoms with Gasteiger partial charge in [-0.25, -0.2) is 9.59 Å². The monoisotopic (exact) mass is 287 g/mol. The average molecular weight is 287 g/mol. The van der Waals surface area contributed by atoms with E-state index in [0.29, 0.717) is 6.42 Å². The maximum atomic E-state index is 11.9. The Bertz CT molecular complexity index is 358. The van der Waals surface area contributed by atoms with Crippen molar-refractivity contribution in [3.8, 4) is 0 Å². The van der Waals surface area contributed by atoms with Crippen LogP contribution in [0.25, 0.3) is 0 Å². The summed E-state index contributed by atoms with van der Waals surface area (Å²) in [6, 6.07) is -1.54. The van der Waals surface area contributed by atoms with Crippen LogP contribution >= 0.6 is 0 Å². The van der Waals surface area contributed by atoms with E-state index in [1.165, 1.54) is 7.05 Å². The summed E-state index contributed by atoms with van der Waals surface area (Å²) in [6.45, 7) is 7.14. The summed E-state index contributed by atoms with van der Waals surface area (Å²) < 4.78 is 0. The van der Waals surface area contributed by atoms with Crippen molar-refractivity contribution in [3.05, 3.63) is 0 Å². The number of urea groups is 1. The van der Waals surface area contributed by atoms with Gasteiger partial charge < -0.3 is 20.6 Å². The molecule has 0 aliphatic heterocycles. The molecule has 7 heteroatoms. The van der Waals surface area contributed by atoms with E-state index in [2.05, 4.69) is 10.6 Å². The fourth-order valence-corrected chi connectivity index (χ4v) is 1.58. The summed E-state index contributed by atoms with van der Waals surface area (Å²) in [5.41, 5.74) is 0. The highest BCUT2D eigenvalue weighted by Gasteiger charge is 2.26. The molecule has 0 saturated heterocycles. The number of nitrogens with zero attached hydrogens (tertiary/aromatic N) is 1. The molecule has 20 heavy (non-hydrogen) atoms. The molecule has 3 N–H and O–H groups in total. The zero-order valence-corrected chi connectivity index (χ0v) is 12.8. The lowest BCUT2D eigenvalue weighted by molar-refractivity contribution is -0.140. The largest absolute Gasteiger partial charge is 0.480 e. The number of hydrogen-bond donors (Lipinski definition) is 3. The van der Waals surface area contributed by atoms with E-state index in [1.54, 1.807) is 6.92 Å². The van der Waals surface area contributed by atoms with Crippen LogP contribution in [0.2, 0.25) is 0 Å². The zero-order valence-electron chi connectivity index (χ0n) is 12.8. The van der Waals surface area contributed by atoms with Gasteiger partial charge in [0.25, 0.3) is 0 Å². The molecule has 0 aromatic carbocycles. The van der Waals surface area contributed by atoms with E-state index in [4.69, 9.17) is 5.11 Å². The molecule has 2 atom stereocenters. The SMILES string of the molecule is CCC(C)C(NC(=O)N(C)CC(=O)NC(C)C)C(=O)O. The number of rotatable bonds is 7. The maximum absolute atomic E-state index is 11.9. The van der Waals surface area contributed by atoms with Gasteiger partial charge in [-0.1, -0.05) is 20.3 Å². The molecule has 0 aliphatic carbocycles. The third-order valence-corrected chi connectivity index (χ3v) is 2.94. The molecule has 0 heterocycles. The van der Waals surface area contributed by atoms with E-state index in [9.17, 15) is 14.4 Å². The van der Waals surface area contributed by atoms with E-state index in [-0.39, 0.29) is 24.4 Å². The number of carbonyl (C=O) groups is 3. The smallest absolute Gasteiger partial charge is 0.326 e.